The molecule has 13 heteroatoms. The Balaban J connectivity index is 0.000000152. The van der Waals surface area contributed by atoms with E-state index in [-0.39, 0.29) is 0 Å². The van der Waals surface area contributed by atoms with E-state index in [4.69, 9.17) is 14.7 Å². The second-order valence-electron chi connectivity index (χ2n) is 12.4. The monoisotopic (exact) mass is 772 g/mol. The van der Waals surface area contributed by atoms with Crippen molar-refractivity contribution < 1.29 is 4.74 Å². The first-order valence-corrected chi connectivity index (χ1v) is 18.0. The van der Waals surface area contributed by atoms with Crippen molar-refractivity contribution in [2.45, 2.75) is 64.0 Å². The van der Waals surface area contributed by atoms with E-state index in [9.17, 15) is 0 Å². The number of aromatic nitrogens is 8. The number of anilines is 2. The number of hydrogen-bond donors (Lipinski definition) is 2. The van der Waals surface area contributed by atoms with Crippen LogP contribution >= 0.6 is 31.9 Å². The quantitative estimate of drug-likeness (QED) is 0.160. The third kappa shape index (κ3) is 7.37. The molecule has 2 fully saturated rings. The Hall–Kier alpha value is -3.94. The number of nitrogens with zero attached hydrogens (tertiary/aromatic N) is 8. The van der Waals surface area contributed by atoms with Gasteiger partial charge < -0.3 is 15.4 Å². The van der Waals surface area contributed by atoms with Gasteiger partial charge in [0, 0.05) is 74.1 Å². The molecule has 11 nitrogen and oxygen atoms in total. The first-order valence-electron chi connectivity index (χ1n) is 16.4. The largest absolute Gasteiger partial charge is 0.381 e. The Morgan fingerprint density at radius 1 is 0.771 bits per heavy atom. The molecule has 1 aliphatic carbocycles. The molecule has 3 atom stereocenters. The number of nitrogens with one attached hydrogen (secondary N) is 2. The minimum absolute atomic E-state index is 0.348. The summed E-state index contributed by atoms with van der Waals surface area (Å²) in [6.45, 7) is 5.28. The van der Waals surface area contributed by atoms with Crippen LogP contribution in [0.3, 0.4) is 0 Å². The molecule has 1 aliphatic heterocycles. The van der Waals surface area contributed by atoms with E-state index >= 15 is 0 Å². The van der Waals surface area contributed by atoms with Gasteiger partial charge in [-0.05, 0) is 73.9 Å². The van der Waals surface area contributed by atoms with Crippen molar-refractivity contribution in [3.05, 3.63) is 105 Å². The van der Waals surface area contributed by atoms with Crippen molar-refractivity contribution in [3.8, 4) is 0 Å². The van der Waals surface area contributed by atoms with Crippen LogP contribution in [0.5, 0.6) is 0 Å². The molecule has 48 heavy (non-hydrogen) atoms. The number of rotatable bonds is 8. The van der Waals surface area contributed by atoms with Gasteiger partial charge in [-0.2, -0.15) is 19.2 Å². The predicted molar refractivity (Wildman–Crippen MR) is 193 cm³/mol. The van der Waals surface area contributed by atoms with E-state index in [0.717, 1.165) is 68.3 Å². The molecule has 0 amide bonds. The zero-order valence-electron chi connectivity index (χ0n) is 26.8. The van der Waals surface area contributed by atoms with Crippen LogP contribution in [0.4, 0.5) is 11.6 Å². The maximum absolute atomic E-state index is 5.50. The topological polar surface area (TPSA) is 119 Å². The highest BCUT2D eigenvalue weighted by molar-refractivity contribution is 9.11. The Kier molecular flexibility index (Phi) is 10.2. The van der Waals surface area contributed by atoms with E-state index < -0.39 is 0 Å². The van der Waals surface area contributed by atoms with E-state index in [1.165, 1.54) is 31.4 Å². The zero-order chi connectivity index (χ0) is 32.9. The number of fused-ring (bicyclic) bond motifs is 2. The van der Waals surface area contributed by atoms with Crippen molar-refractivity contribution in [2.24, 2.45) is 5.92 Å². The lowest BCUT2D eigenvalue weighted by Gasteiger charge is -2.28. The van der Waals surface area contributed by atoms with Gasteiger partial charge in [0.05, 0.1) is 33.6 Å². The summed E-state index contributed by atoms with van der Waals surface area (Å²) in [4.78, 5) is 18.0. The van der Waals surface area contributed by atoms with E-state index in [1.807, 2.05) is 45.8 Å². The summed E-state index contributed by atoms with van der Waals surface area (Å²) >= 11 is 7.11. The van der Waals surface area contributed by atoms with E-state index in [0.29, 0.717) is 30.8 Å². The molecule has 3 unspecified atom stereocenters. The van der Waals surface area contributed by atoms with Crippen LogP contribution in [0.2, 0.25) is 0 Å². The molecule has 6 aromatic rings. The molecule has 2 N–H and O–H groups in total. The van der Waals surface area contributed by atoms with Crippen LogP contribution in [0.25, 0.3) is 11.3 Å². The lowest BCUT2D eigenvalue weighted by Crippen LogP contribution is -2.17. The molecule has 0 spiro atoms. The smallest absolute Gasteiger partial charge is 0.171 e. The summed E-state index contributed by atoms with van der Waals surface area (Å²) in [6.07, 6.45) is 17.0. The Bertz CT molecular complexity index is 1960. The summed E-state index contributed by atoms with van der Waals surface area (Å²) in [5.41, 5.74) is 6.19. The third-order valence-corrected chi connectivity index (χ3v) is 10.2. The molecule has 1 saturated carbocycles. The molecule has 2 aliphatic rings. The lowest BCUT2D eigenvalue weighted by atomic mass is 9.78. The summed E-state index contributed by atoms with van der Waals surface area (Å²) in [6, 6.07) is 12.3. The second kappa shape index (κ2) is 15.1. The average molecular weight is 775 g/mol. The van der Waals surface area contributed by atoms with Crippen molar-refractivity contribution in [1.29, 1.82) is 0 Å². The van der Waals surface area contributed by atoms with Crippen LogP contribution in [-0.2, 0) is 17.8 Å². The van der Waals surface area contributed by atoms with Gasteiger partial charge in [0.15, 0.2) is 11.3 Å². The highest BCUT2D eigenvalue weighted by Gasteiger charge is 2.26. The number of halogens is 2. The van der Waals surface area contributed by atoms with Crippen LogP contribution in [0.1, 0.15) is 73.4 Å². The van der Waals surface area contributed by atoms with Gasteiger partial charge >= 0.3 is 0 Å². The predicted octanol–water partition coefficient (Wildman–Crippen LogP) is 7.80. The molecule has 1 saturated heterocycles. The number of ether oxygens (including phenoxy) is 1. The number of hydrogen-bond acceptors (Lipinski definition) is 9. The van der Waals surface area contributed by atoms with Gasteiger partial charge in [-0.25, -0.2) is 9.97 Å². The minimum Gasteiger partial charge on any atom is -0.381 e. The zero-order valence-corrected chi connectivity index (χ0v) is 29.9. The van der Waals surface area contributed by atoms with E-state index in [1.54, 1.807) is 18.6 Å². The van der Waals surface area contributed by atoms with Gasteiger partial charge in [0.2, 0.25) is 0 Å². The molecule has 6 aromatic heterocycles. The van der Waals surface area contributed by atoms with Crippen LogP contribution in [0, 0.1) is 5.92 Å². The summed E-state index contributed by atoms with van der Waals surface area (Å²) in [5.74, 6) is 3.45. The van der Waals surface area contributed by atoms with Gasteiger partial charge in [0.1, 0.15) is 11.6 Å². The van der Waals surface area contributed by atoms with Gasteiger partial charge in [0.25, 0.3) is 0 Å². The molecule has 0 bridgehead atoms. The van der Waals surface area contributed by atoms with Crippen LogP contribution in [0.15, 0.2) is 82.5 Å². The molecule has 7 heterocycles. The van der Waals surface area contributed by atoms with Crippen LogP contribution in [-0.4, -0.2) is 52.4 Å². The van der Waals surface area contributed by atoms with Gasteiger partial charge in [-0.15, -0.1) is 0 Å². The highest BCUT2D eigenvalue weighted by atomic mass is 79.9. The minimum atomic E-state index is 0.348. The molecular weight excluding hydrogens is 736 g/mol. The maximum Gasteiger partial charge on any atom is 0.171 e. The first-order chi connectivity index (χ1) is 23.5. The van der Waals surface area contributed by atoms with Crippen LogP contribution < -0.4 is 10.6 Å². The fraction of sp³-hybridized carbons (Fsp3) is 0.371. The van der Waals surface area contributed by atoms with Crippen molar-refractivity contribution in [2.75, 3.05) is 23.8 Å². The molecule has 8 rings (SSSR count). The highest BCUT2D eigenvalue weighted by Crippen LogP contribution is 2.38. The Morgan fingerprint density at radius 2 is 1.35 bits per heavy atom. The van der Waals surface area contributed by atoms with Gasteiger partial charge in [-0.3, -0.25) is 9.97 Å². The SMILES string of the molecule is Brc1cnn2c(NCc3cccnc3)cc(C3CCOC3)nc12.CC1CCCCC1c1cc(NCc2cccnc2)n2ncc(Br)c2n1. The molecule has 248 valence electrons. The Labute approximate surface area is 296 Å². The van der Waals surface area contributed by atoms with Gasteiger partial charge in [-0.1, -0.05) is 38.3 Å². The van der Waals surface area contributed by atoms with Crippen molar-refractivity contribution in [3.63, 3.8) is 0 Å². The molecular formula is C35H38Br2N10O. The fourth-order valence-electron chi connectivity index (χ4n) is 6.47. The standard InChI is InChI=1S/C19H22BrN5.C16H16BrN5O/c1-13-5-2-3-7-15(13)17-9-18(22-11-14-6-4-8-21-10-14)25-19(24-17)16(20)12-23-25;17-13-9-20-22-15(19-8-11-2-1-4-18-7-11)6-14(21-16(13)22)12-3-5-23-10-12/h4,6,8-10,12-13,15,22H,2-3,5,7,11H2,1H3;1-2,4,6-7,9,12,19H,3,5,8,10H2. The fourth-order valence-corrected chi connectivity index (χ4v) is 7.17. The normalized spacial score (nSPS) is 19.3. The maximum atomic E-state index is 5.50. The third-order valence-electron chi connectivity index (χ3n) is 9.13. The Morgan fingerprint density at radius 3 is 1.90 bits per heavy atom. The molecule has 0 aromatic carbocycles. The summed E-state index contributed by atoms with van der Waals surface area (Å²) < 4.78 is 11.0. The first kappa shape index (κ1) is 32.6. The second-order valence-corrected chi connectivity index (χ2v) is 14.2. The average Bonchev–Trinajstić information content (AvgIpc) is 3.89. The van der Waals surface area contributed by atoms with E-state index in [2.05, 4.69) is 87.8 Å². The molecule has 0 radical (unpaired) electrons. The summed E-state index contributed by atoms with van der Waals surface area (Å²) in [5, 5.41) is 15.8. The number of pyridine rings is 2. The van der Waals surface area contributed by atoms with Crippen molar-refractivity contribution in [1.82, 2.24) is 39.2 Å². The lowest BCUT2D eigenvalue weighted by molar-refractivity contribution is 0.193. The van der Waals surface area contributed by atoms with Crippen molar-refractivity contribution >= 4 is 54.8 Å². The summed E-state index contributed by atoms with van der Waals surface area (Å²) in [7, 11) is 0.